The number of phenolic OH excluding ortho intramolecular Hbond substituents is 1. The summed E-state index contributed by atoms with van der Waals surface area (Å²) in [5.41, 5.74) is 1.91. The number of anilines is 1. The fraction of sp³-hybridized carbons (Fsp3) is 0.360. The summed E-state index contributed by atoms with van der Waals surface area (Å²) in [6.07, 6.45) is 0. The van der Waals surface area contributed by atoms with Crippen LogP contribution in [0.2, 0.25) is 0 Å². The molecule has 0 unspecified atom stereocenters. The summed E-state index contributed by atoms with van der Waals surface area (Å²) in [7, 11) is -3.57. The topological polar surface area (TPSA) is 73.3 Å². The van der Waals surface area contributed by atoms with E-state index in [1.165, 1.54) is 23.5 Å². The number of sulfonamides is 1. The molecule has 0 spiro atoms. The third kappa shape index (κ3) is 5.22. The van der Waals surface area contributed by atoms with Crippen LogP contribution in [0.25, 0.3) is 0 Å². The molecular formula is C25H28FN3O4S2. The summed E-state index contributed by atoms with van der Waals surface area (Å²) in [5.74, 6) is -0.0917. The number of aromatic hydroxyl groups is 1. The zero-order valence-corrected chi connectivity index (χ0v) is 20.8. The first kappa shape index (κ1) is 24.2. The first-order valence-electron chi connectivity index (χ1n) is 11.6. The zero-order chi connectivity index (χ0) is 24.4. The number of ether oxygens (including phenoxy) is 1. The number of halogens is 1. The highest BCUT2D eigenvalue weighted by Gasteiger charge is 2.37. The quantitative estimate of drug-likeness (QED) is 0.539. The summed E-state index contributed by atoms with van der Waals surface area (Å²) < 4.78 is 47.8. The van der Waals surface area contributed by atoms with Crippen LogP contribution in [-0.4, -0.2) is 74.7 Å². The van der Waals surface area contributed by atoms with Gasteiger partial charge in [0.1, 0.15) is 15.8 Å². The number of nitrogens with zero attached hydrogens (tertiary/aromatic N) is 3. The van der Waals surface area contributed by atoms with Gasteiger partial charge in [-0.3, -0.25) is 4.90 Å². The lowest BCUT2D eigenvalue weighted by molar-refractivity contribution is -0.0126. The Bertz CT molecular complexity index is 1220. The Labute approximate surface area is 209 Å². The molecule has 0 bridgehead atoms. The Kier molecular flexibility index (Phi) is 7.08. The van der Waals surface area contributed by atoms with E-state index in [0.717, 1.165) is 11.3 Å². The number of benzene rings is 2. The third-order valence-corrected chi connectivity index (χ3v) is 9.89. The van der Waals surface area contributed by atoms with Gasteiger partial charge >= 0.3 is 0 Å². The van der Waals surface area contributed by atoms with E-state index in [0.29, 0.717) is 50.1 Å². The first-order chi connectivity index (χ1) is 16.9. The van der Waals surface area contributed by atoms with E-state index in [1.807, 2.05) is 12.1 Å². The third-order valence-electron chi connectivity index (χ3n) is 6.66. The van der Waals surface area contributed by atoms with Gasteiger partial charge in [0.05, 0.1) is 25.3 Å². The summed E-state index contributed by atoms with van der Waals surface area (Å²) in [4.78, 5) is 4.52. The van der Waals surface area contributed by atoms with Crippen LogP contribution in [0.3, 0.4) is 0 Å². The van der Waals surface area contributed by atoms with Gasteiger partial charge in [0, 0.05) is 38.4 Å². The van der Waals surface area contributed by atoms with Crippen molar-refractivity contribution in [2.75, 3.05) is 50.8 Å². The molecule has 0 aliphatic carbocycles. The highest BCUT2D eigenvalue weighted by molar-refractivity contribution is 7.91. The zero-order valence-electron chi connectivity index (χ0n) is 19.2. The van der Waals surface area contributed by atoms with Crippen molar-refractivity contribution in [2.24, 2.45) is 0 Å². The monoisotopic (exact) mass is 517 g/mol. The van der Waals surface area contributed by atoms with Gasteiger partial charge in [-0.15, -0.1) is 11.3 Å². The molecule has 1 N–H and O–H groups in total. The van der Waals surface area contributed by atoms with Crippen molar-refractivity contribution in [1.29, 1.82) is 0 Å². The van der Waals surface area contributed by atoms with E-state index in [4.69, 9.17) is 4.74 Å². The van der Waals surface area contributed by atoms with E-state index in [9.17, 15) is 17.9 Å². The van der Waals surface area contributed by atoms with Crippen LogP contribution in [0, 0.1) is 5.82 Å². The maximum absolute atomic E-state index is 13.5. The van der Waals surface area contributed by atoms with Crippen molar-refractivity contribution in [2.45, 2.75) is 16.3 Å². The van der Waals surface area contributed by atoms with Gasteiger partial charge in [0.25, 0.3) is 10.0 Å². The fourth-order valence-electron chi connectivity index (χ4n) is 4.84. The number of piperazine rings is 1. The Balaban J connectivity index is 1.43. The van der Waals surface area contributed by atoms with Crippen molar-refractivity contribution in [1.82, 2.24) is 9.21 Å². The lowest BCUT2D eigenvalue weighted by Gasteiger charge is -2.46. The number of phenols is 1. The molecule has 2 aliphatic heterocycles. The van der Waals surface area contributed by atoms with Gasteiger partial charge in [-0.1, -0.05) is 18.2 Å². The predicted octanol–water partition coefficient (Wildman–Crippen LogP) is 3.55. The molecule has 186 valence electrons. The van der Waals surface area contributed by atoms with Crippen molar-refractivity contribution in [3.63, 3.8) is 0 Å². The summed E-state index contributed by atoms with van der Waals surface area (Å²) in [6, 6.07) is 16.7. The van der Waals surface area contributed by atoms with Gasteiger partial charge in [-0.25, -0.2) is 12.8 Å². The second-order valence-electron chi connectivity index (χ2n) is 8.80. The second-order valence-corrected chi connectivity index (χ2v) is 11.9. The molecule has 3 aromatic rings. The molecule has 2 aromatic carbocycles. The summed E-state index contributed by atoms with van der Waals surface area (Å²) in [5, 5.41) is 11.5. The molecule has 10 heteroatoms. The van der Waals surface area contributed by atoms with Gasteiger partial charge in [0.2, 0.25) is 0 Å². The van der Waals surface area contributed by atoms with E-state index in [-0.39, 0.29) is 23.7 Å². The first-order valence-corrected chi connectivity index (χ1v) is 13.9. The molecule has 2 saturated heterocycles. The molecule has 0 amide bonds. The lowest BCUT2D eigenvalue weighted by Crippen LogP contribution is -2.59. The summed E-state index contributed by atoms with van der Waals surface area (Å²) >= 11 is 1.23. The van der Waals surface area contributed by atoms with E-state index < -0.39 is 10.0 Å². The van der Waals surface area contributed by atoms with Gasteiger partial charge in [-0.05, 0) is 53.4 Å². The van der Waals surface area contributed by atoms with Crippen molar-refractivity contribution >= 4 is 27.0 Å². The van der Waals surface area contributed by atoms with Crippen molar-refractivity contribution in [3.05, 3.63) is 77.4 Å². The fourth-order valence-corrected chi connectivity index (χ4v) is 7.46. The van der Waals surface area contributed by atoms with Crippen molar-refractivity contribution < 1.29 is 22.7 Å². The van der Waals surface area contributed by atoms with Crippen molar-refractivity contribution in [3.8, 4) is 5.75 Å². The van der Waals surface area contributed by atoms with Crippen LogP contribution in [0.4, 0.5) is 10.1 Å². The normalized spacial score (nSPS) is 22.4. The lowest BCUT2D eigenvalue weighted by atomic mass is 10.0. The molecule has 5 rings (SSSR count). The maximum Gasteiger partial charge on any atom is 0.252 e. The largest absolute Gasteiger partial charge is 0.508 e. The van der Waals surface area contributed by atoms with E-state index >= 15 is 0 Å². The SMILES string of the molecule is O=S(=O)(c1cccs1)N1CCN(c2ccc(O)cc2)[C@@H](CN2CCOC[C@@H]2c2ccc(F)cc2)C1. The molecule has 3 heterocycles. The average Bonchev–Trinajstić information content (AvgIpc) is 3.42. The number of rotatable bonds is 6. The minimum atomic E-state index is -3.57. The average molecular weight is 518 g/mol. The number of hydrogen-bond donors (Lipinski definition) is 1. The summed E-state index contributed by atoms with van der Waals surface area (Å²) in [6.45, 7) is 3.64. The molecular weight excluding hydrogens is 489 g/mol. The van der Waals surface area contributed by atoms with Crippen LogP contribution in [0.15, 0.2) is 70.3 Å². The smallest absolute Gasteiger partial charge is 0.252 e. The Hall–Kier alpha value is -2.50. The Morgan fingerprint density at radius 2 is 1.80 bits per heavy atom. The minimum absolute atomic E-state index is 0.0460. The van der Waals surface area contributed by atoms with Crippen LogP contribution in [0.1, 0.15) is 11.6 Å². The molecule has 2 aliphatic rings. The predicted molar refractivity (Wildman–Crippen MR) is 134 cm³/mol. The van der Waals surface area contributed by atoms with Crippen LogP contribution >= 0.6 is 11.3 Å². The highest BCUT2D eigenvalue weighted by Crippen LogP contribution is 2.30. The van der Waals surface area contributed by atoms with Crippen LogP contribution in [0.5, 0.6) is 5.75 Å². The minimum Gasteiger partial charge on any atom is -0.508 e. The standard InChI is InChI=1S/C25H28FN3O4S2/c26-20-5-3-19(4-6-20)24-18-33-14-13-27(24)16-22-17-28(35(31,32)25-2-1-15-34-25)11-12-29(22)21-7-9-23(30)10-8-21/h1-10,15,22,24,30H,11-14,16-18H2/t22-,24+/m0/s1. The second kappa shape index (κ2) is 10.2. The molecule has 0 saturated carbocycles. The highest BCUT2D eigenvalue weighted by atomic mass is 32.2. The Morgan fingerprint density at radius 3 is 2.51 bits per heavy atom. The molecule has 2 atom stereocenters. The van der Waals surface area contributed by atoms with Crippen LogP contribution < -0.4 is 4.90 Å². The molecule has 2 fully saturated rings. The molecule has 1 aromatic heterocycles. The number of hydrogen-bond acceptors (Lipinski definition) is 7. The molecule has 7 nitrogen and oxygen atoms in total. The molecule has 0 radical (unpaired) electrons. The number of morpholine rings is 1. The van der Waals surface area contributed by atoms with Gasteiger partial charge in [0.15, 0.2) is 0 Å². The van der Waals surface area contributed by atoms with E-state index in [1.54, 1.807) is 46.1 Å². The number of thiophene rings is 1. The van der Waals surface area contributed by atoms with Gasteiger partial charge in [-0.2, -0.15) is 4.31 Å². The Morgan fingerprint density at radius 1 is 1.03 bits per heavy atom. The van der Waals surface area contributed by atoms with E-state index in [2.05, 4.69) is 9.80 Å². The van der Waals surface area contributed by atoms with Crippen LogP contribution in [-0.2, 0) is 14.8 Å². The molecule has 35 heavy (non-hydrogen) atoms. The maximum atomic E-state index is 13.5. The van der Waals surface area contributed by atoms with Gasteiger partial charge < -0.3 is 14.7 Å².